The largest absolute Gasteiger partial charge is 0.366 e. The smallest absolute Gasteiger partial charge is 0.0969 e. The molecule has 3 atom stereocenters. The summed E-state index contributed by atoms with van der Waals surface area (Å²) in [6, 6.07) is 20.0. The molecular weight excluding hydrogens is 428 g/mol. The highest BCUT2D eigenvalue weighted by Crippen LogP contribution is 2.39. The molecule has 2 aromatic carbocycles. The van der Waals surface area contributed by atoms with Gasteiger partial charge in [0.25, 0.3) is 0 Å². The van der Waals surface area contributed by atoms with Gasteiger partial charge < -0.3 is 14.7 Å². The van der Waals surface area contributed by atoms with Crippen LogP contribution in [0.25, 0.3) is 0 Å². The van der Waals surface area contributed by atoms with E-state index in [-0.39, 0.29) is 0 Å². The fraction of sp³-hybridized carbons (Fsp3) is 0.548. The summed E-state index contributed by atoms with van der Waals surface area (Å²) in [6.07, 6.45) is 8.14. The van der Waals surface area contributed by atoms with Gasteiger partial charge in [0.2, 0.25) is 0 Å². The van der Waals surface area contributed by atoms with Crippen molar-refractivity contribution in [3.63, 3.8) is 0 Å². The SMILES string of the molecule is C=C1N(Cc2ccc(N3C4CCCC3CC4)cc2)CCN1C[C@H](C)CN1CCc2ccccc2C1. The molecule has 186 valence electrons. The van der Waals surface area contributed by atoms with E-state index in [4.69, 9.17) is 0 Å². The number of hydrogen-bond donors (Lipinski definition) is 0. The molecule has 2 unspecified atom stereocenters. The first-order valence-corrected chi connectivity index (χ1v) is 14.0. The Balaban J connectivity index is 1.00. The van der Waals surface area contributed by atoms with Crippen LogP contribution in [0.5, 0.6) is 0 Å². The van der Waals surface area contributed by atoms with Crippen LogP contribution in [-0.2, 0) is 19.5 Å². The number of piperidine rings is 1. The molecule has 6 rings (SSSR count). The van der Waals surface area contributed by atoms with Gasteiger partial charge in [-0.05, 0) is 73.3 Å². The van der Waals surface area contributed by atoms with Crippen molar-refractivity contribution in [2.75, 3.05) is 37.6 Å². The maximum Gasteiger partial charge on any atom is 0.0969 e. The molecule has 4 aliphatic rings. The Morgan fingerprint density at radius 2 is 1.54 bits per heavy atom. The van der Waals surface area contributed by atoms with Gasteiger partial charge in [-0.25, -0.2) is 0 Å². The standard InChI is InChI=1S/C31H42N4/c1-24(20-32-17-16-27-6-3-4-7-28(27)23-32)21-33-18-19-34(25(33)2)22-26-10-12-31(13-11-26)35-29-8-5-9-30(35)15-14-29/h3-4,6-7,10-13,24,29-30H,2,5,8-9,14-23H2,1H3/t24-,29?,30?/m1/s1. The molecule has 0 aliphatic carbocycles. The fourth-order valence-electron chi connectivity index (χ4n) is 7.18. The highest BCUT2D eigenvalue weighted by molar-refractivity contribution is 5.51. The fourth-order valence-corrected chi connectivity index (χ4v) is 7.18. The normalized spacial score (nSPS) is 25.3. The van der Waals surface area contributed by atoms with Gasteiger partial charge in [-0.2, -0.15) is 0 Å². The lowest BCUT2D eigenvalue weighted by molar-refractivity contribution is 0.194. The summed E-state index contributed by atoms with van der Waals surface area (Å²) >= 11 is 0. The average Bonchev–Trinajstić information content (AvgIpc) is 3.33. The van der Waals surface area contributed by atoms with Gasteiger partial charge in [0.1, 0.15) is 0 Å². The molecule has 0 radical (unpaired) electrons. The molecule has 4 heteroatoms. The third kappa shape index (κ3) is 4.82. The number of anilines is 1. The highest BCUT2D eigenvalue weighted by atomic mass is 15.4. The second kappa shape index (κ2) is 9.89. The molecule has 0 aromatic heterocycles. The van der Waals surface area contributed by atoms with Crippen molar-refractivity contribution < 1.29 is 0 Å². The number of fused-ring (bicyclic) bond motifs is 3. The molecule has 4 nitrogen and oxygen atoms in total. The third-order valence-corrected chi connectivity index (χ3v) is 8.98. The number of hydrogen-bond acceptors (Lipinski definition) is 4. The van der Waals surface area contributed by atoms with Crippen LogP contribution in [0, 0.1) is 5.92 Å². The molecule has 3 saturated heterocycles. The van der Waals surface area contributed by atoms with Crippen LogP contribution in [0.1, 0.15) is 55.7 Å². The topological polar surface area (TPSA) is 13.0 Å². The van der Waals surface area contributed by atoms with Crippen molar-refractivity contribution >= 4 is 5.69 Å². The van der Waals surface area contributed by atoms with Crippen molar-refractivity contribution in [1.82, 2.24) is 14.7 Å². The Kier molecular flexibility index (Phi) is 6.49. The minimum absolute atomic E-state index is 0.635. The quantitative estimate of drug-likeness (QED) is 0.530. The van der Waals surface area contributed by atoms with Gasteiger partial charge in [-0.1, -0.05) is 49.9 Å². The van der Waals surface area contributed by atoms with Gasteiger partial charge >= 0.3 is 0 Å². The van der Waals surface area contributed by atoms with Crippen molar-refractivity contribution in [3.8, 4) is 0 Å². The highest BCUT2D eigenvalue weighted by Gasteiger charge is 2.36. The lowest BCUT2D eigenvalue weighted by Crippen LogP contribution is -2.39. The molecule has 0 spiro atoms. The van der Waals surface area contributed by atoms with Crippen LogP contribution in [0.15, 0.2) is 60.9 Å². The zero-order valence-electron chi connectivity index (χ0n) is 21.5. The Morgan fingerprint density at radius 1 is 0.829 bits per heavy atom. The van der Waals surface area contributed by atoms with E-state index in [0.717, 1.165) is 51.4 Å². The zero-order chi connectivity index (χ0) is 23.8. The number of rotatable bonds is 7. The summed E-state index contributed by atoms with van der Waals surface area (Å²) in [4.78, 5) is 10.4. The lowest BCUT2D eigenvalue weighted by atomic mass is 9.99. The van der Waals surface area contributed by atoms with Gasteiger partial charge in [0.05, 0.1) is 5.82 Å². The molecule has 4 aliphatic heterocycles. The van der Waals surface area contributed by atoms with Crippen molar-refractivity contribution in [2.45, 2.75) is 70.6 Å². The molecular formula is C31H42N4. The Labute approximate surface area is 212 Å². The van der Waals surface area contributed by atoms with Crippen LogP contribution >= 0.6 is 0 Å². The Morgan fingerprint density at radius 3 is 2.31 bits per heavy atom. The van der Waals surface area contributed by atoms with E-state index in [1.54, 1.807) is 0 Å². The number of benzene rings is 2. The van der Waals surface area contributed by atoms with Gasteiger partial charge in [-0.3, -0.25) is 4.90 Å². The van der Waals surface area contributed by atoms with Crippen LogP contribution in [0.2, 0.25) is 0 Å². The molecule has 35 heavy (non-hydrogen) atoms. The van der Waals surface area contributed by atoms with Crippen molar-refractivity contribution in [3.05, 3.63) is 77.6 Å². The van der Waals surface area contributed by atoms with Crippen molar-refractivity contribution in [2.24, 2.45) is 5.92 Å². The molecule has 2 bridgehead atoms. The molecule has 4 heterocycles. The average molecular weight is 471 g/mol. The molecule has 0 saturated carbocycles. The van der Waals surface area contributed by atoms with E-state index in [2.05, 4.69) is 81.6 Å². The Hall–Kier alpha value is -2.46. The van der Waals surface area contributed by atoms with Crippen LogP contribution < -0.4 is 4.90 Å². The summed E-state index contributed by atoms with van der Waals surface area (Å²) in [5.74, 6) is 1.84. The second-order valence-electron chi connectivity index (χ2n) is 11.5. The van der Waals surface area contributed by atoms with E-state index >= 15 is 0 Å². The van der Waals surface area contributed by atoms with Gasteiger partial charge in [-0.15, -0.1) is 0 Å². The summed E-state index contributed by atoms with van der Waals surface area (Å²) in [5, 5.41) is 0. The lowest BCUT2D eigenvalue weighted by Gasteiger charge is -2.37. The number of nitrogens with zero attached hydrogens (tertiary/aromatic N) is 4. The van der Waals surface area contributed by atoms with E-state index in [1.807, 2.05) is 0 Å². The molecule has 2 aromatic rings. The Bertz CT molecular complexity index is 1010. The van der Waals surface area contributed by atoms with Gasteiger partial charge in [0, 0.05) is 63.6 Å². The van der Waals surface area contributed by atoms with E-state index in [0.29, 0.717) is 5.92 Å². The summed E-state index contributed by atoms with van der Waals surface area (Å²) < 4.78 is 0. The first kappa shape index (κ1) is 23.0. The predicted molar refractivity (Wildman–Crippen MR) is 145 cm³/mol. The molecule has 0 amide bonds. The van der Waals surface area contributed by atoms with Crippen molar-refractivity contribution in [1.29, 1.82) is 0 Å². The molecule has 0 N–H and O–H groups in total. The first-order valence-electron chi connectivity index (χ1n) is 14.0. The van der Waals surface area contributed by atoms with Crippen LogP contribution in [0.3, 0.4) is 0 Å². The molecule has 3 fully saturated rings. The maximum absolute atomic E-state index is 4.49. The maximum atomic E-state index is 4.49. The van der Waals surface area contributed by atoms with E-state index in [1.165, 1.54) is 73.3 Å². The zero-order valence-corrected chi connectivity index (χ0v) is 21.5. The minimum Gasteiger partial charge on any atom is -0.366 e. The van der Waals surface area contributed by atoms with Gasteiger partial charge in [0.15, 0.2) is 0 Å². The first-order chi connectivity index (χ1) is 17.1. The van der Waals surface area contributed by atoms with Crippen LogP contribution in [-0.4, -0.2) is 59.5 Å². The summed E-state index contributed by atoms with van der Waals surface area (Å²) in [6.45, 7) is 14.6. The summed E-state index contributed by atoms with van der Waals surface area (Å²) in [7, 11) is 0. The van der Waals surface area contributed by atoms with E-state index < -0.39 is 0 Å². The monoisotopic (exact) mass is 470 g/mol. The predicted octanol–water partition coefficient (Wildman–Crippen LogP) is 5.49. The summed E-state index contributed by atoms with van der Waals surface area (Å²) in [5.41, 5.74) is 5.90. The second-order valence-corrected chi connectivity index (χ2v) is 11.5. The third-order valence-electron chi connectivity index (χ3n) is 8.98. The van der Waals surface area contributed by atoms with Crippen LogP contribution in [0.4, 0.5) is 5.69 Å². The van der Waals surface area contributed by atoms with E-state index in [9.17, 15) is 0 Å². The minimum atomic E-state index is 0.635.